The molecule has 0 aromatic heterocycles. The van der Waals surface area contributed by atoms with Gasteiger partial charge in [0.15, 0.2) is 0 Å². The summed E-state index contributed by atoms with van der Waals surface area (Å²) >= 11 is 3.42. The Morgan fingerprint density at radius 3 is 2.40 bits per heavy atom. The quantitative estimate of drug-likeness (QED) is 0.828. The van der Waals surface area contributed by atoms with E-state index in [-0.39, 0.29) is 11.7 Å². The van der Waals surface area contributed by atoms with Crippen molar-refractivity contribution in [1.29, 1.82) is 0 Å². The van der Waals surface area contributed by atoms with Crippen molar-refractivity contribution < 1.29 is 9.18 Å². The predicted molar refractivity (Wildman–Crippen MR) is 101 cm³/mol. The average molecular weight is 406 g/mol. The van der Waals surface area contributed by atoms with Gasteiger partial charge in [0.25, 0.3) is 0 Å². The van der Waals surface area contributed by atoms with Crippen LogP contribution in [0.4, 0.5) is 10.1 Å². The summed E-state index contributed by atoms with van der Waals surface area (Å²) in [5.41, 5.74) is 1.91. The van der Waals surface area contributed by atoms with Crippen molar-refractivity contribution in [2.24, 2.45) is 0 Å². The molecule has 2 aromatic rings. The van der Waals surface area contributed by atoms with Crippen molar-refractivity contribution in [3.8, 4) is 0 Å². The summed E-state index contributed by atoms with van der Waals surface area (Å²) < 4.78 is 14.0. The second kappa shape index (κ2) is 8.56. The maximum absolute atomic E-state index is 13.2. The lowest BCUT2D eigenvalue weighted by molar-refractivity contribution is -0.117. The van der Waals surface area contributed by atoms with Crippen LogP contribution >= 0.6 is 15.9 Å². The van der Waals surface area contributed by atoms with Crippen LogP contribution in [0.5, 0.6) is 0 Å². The third kappa shape index (κ3) is 5.36. The smallest absolute Gasteiger partial charge is 0.238 e. The third-order valence-electron chi connectivity index (χ3n) is 4.30. The number of halogens is 2. The highest BCUT2D eigenvalue weighted by Gasteiger charge is 2.19. The second-order valence-electron chi connectivity index (χ2n) is 6.20. The maximum Gasteiger partial charge on any atom is 0.238 e. The molecule has 1 heterocycles. The zero-order valence-corrected chi connectivity index (χ0v) is 15.5. The molecule has 6 heteroatoms. The van der Waals surface area contributed by atoms with Gasteiger partial charge in [-0.15, -0.1) is 0 Å². The largest absolute Gasteiger partial charge is 0.325 e. The number of nitrogens with one attached hydrogen (secondary N) is 1. The van der Waals surface area contributed by atoms with Gasteiger partial charge in [-0.25, -0.2) is 4.39 Å². The van der Waals surface area contributed by atoms with E-state index < -0.39 is 0 Å². The first-order valence-corrected chi connectivity index (χ1v) is 9.13. The minimum Gasteiger partial charge on any atom is -0.325 e. The molecule has 0 aliphatic carbocycles. The molecule has 2 aromatic carbocycles. The van der Waals surface area contributed by atoms with Crippen molar-refractivity contribution >= 4 is 27.5 Å². The Bertz CT molecular complexity index is 718. The number of para-hydroxylation sites is 1. The minimum atomic E-state index is -0.232. The van der Waals surface area contributed by atoms with E-state index in [1.54, 1.807) is 0 Å². The van der Waals surface area contributed by atoms with E-state index >= 15 is 0 Å². The van der Waals surface area contributed by atoms with Gasteiger partial charge in [0.1, 0.15) is 5.82 Å². The molecule has 1 aliphatic heterocycles. The van der Waals surface area contributed by atoms with Crippen LogP contribution in [0, 0.1) is 5.82 Å². The highest BCUT2D eigenvalue weighted by molar-refractivity contribution is 9.10. The molecule has 3 rings (SSSR count). The van der Waals surface area contributed by atoms with E-state index in [0.29, 0.717) is 6.54 Å². The van der Waals surface area contributed by atoms with Gasteiger partial charge in [-0.3, -0.25) is 14.6 Å². The van der Waals surface area contributed by atoms with Crippen LogP contribution in [0.3, 0.4) is 0 Å². The second-order valence-corrected chi connectivity index (χ2v) is 7.06. The Balaban J connectivity index is 1.44. The fraction of sp³-hybridized carbons (Fsp3) is 0.316. The molecule has 0 unspecified atom stereocenters. The van der Waals surface area contributed by atoms with Crippen LogP contribution in [0.1, 0.15) is 5.56 Å². The van der Waals surface area contributed by atoms with E-state index in [9.17, 15) is 9.18 Å². The van der Waals surface area contributed by atoms with Gasteiger partial charge in [-0.05, 0) is 29.8 Å². The van der Waals surface area contributed by atoms with Crippen molar-refractivity contribution in [1.82, 2.24) is 9.80 Å². The Labute approximate surface area is 155 Å². The van der Waals surface area contributed by atoms with Gasteiger partial charge in [0, 0.05) is 42.9 Å². The Morgan fingerprint density at radius 2 is 1.72 bits per heavy atom. The number of anilines is 1. The topological polar surface area (TPSA) is 35.6 Å². The number of amides is 1. The first-order valence-electron chi connectivity index (χ1n) is 8.34. The summed E-state index contributed by atoms with van der Waals surface area (Å²) in [6, 6.07) is 14.3. The number of nitrogens with zero attached hydrogens (tertiary/aromatic N) is 2. The summed E-state index contributed by atoms with van der Waals surface area (Å²) in [7, 11) is 0. The number of hydrogen-bond donors (Lipinski definition) is 1. The van der Waals surface area contributed by atoms with Crippen LogP contribution in [0.25, 0.3) is 0 Å². The monoisotopic (exact) mass is 405 g/mol. The number of benzene rings is 2. The summed E-state index contributed by atoms with van der Waals surface area (Å²) in [5, 5.41) is 2.92. The standard InChI is InChI=1S/C19H21BrFN3O/c20-18-12-16(21)7-6-15(18)13-23-8-10-24(11-9-23)14-19(25)22-17-4-2-1-3-5-17/h1-7,12H,8-11,13-14H2,(H,22,25). The minimum absolute atomic E-state index is 0.0147. The lowest BCUT2D eigenvalue weighted by atomic mass is 10.2. The number of carbonyl (C=O) groups excluding carboxylic acids is 1. The van der Waals surface area contributed by atoms with E-state index in [0.717, 1.165) is 48.4 Å². The lowest BCUT2D eigenvalue weighted by Crippen LogP contribution is -2.48. The predicted octanol–water partition coefficient (Wildman–Crippen LogP) is 3.34. The van der Waals surface area contributed by atoms with E-state index in [4.69, 9.17) is 0 Å². The van der Waals surface area contributed by atoms with Gasteiger partial charge in [0.2, 0.25) is 5.91 Å². The zero-order chi connectivity index (χ0) is 17.6. The first-order chi connectivity index (χ1) is 12.1. The van der Waals surface area contributed by atoms with Crippen LogP contribution in [-0.4, -0.2) is 48.4 Å². The molecule has 1 N–H and O–H groups in total. The summed E-state index contributed by atoms with van der Waals surface area (Å²) in [5.74, 6) is -0.217. The molecule has 0 atom stereocenters. The molecule has 0 bridgehead atoms. The van der Waals surface area contributed by atoms with E-state index in [2.05, 4.69) is 31.0 Å². The molecule has 1 saturated heterocycles. The SMILES string of the molecule is O=C(CN1CCN(Cc2ccc(F)cc2Br)CC1)Nc1ccccc1. The number of piperazine rings is 1. The third-order valence-corrected chi connectivity index (χ3v) is 5.04. The van der Waals surface area contributed by atoms with Crippen molar-refractivity contribution in [3.05, 3.63) is 64.4 Å². The molecular formula is C19H21BrFN3O. The highest BCUT2D eigenvalue weighted by Crippen LogP contribution is 2.20. The van der Waals surface area contributed by atoms with Crippen molar-refractivity contribution in [2.75, 3.05) is 38.0 Å². The van der Waals surface area contributed by atoms with Crippen molar-refractivity contribution in [2.45, 2.75) is 6.54 Å². The summed E-state index contributed by atoms with van der Waals surface area (Å²) in [6.07, 6.45) is 0. The highest BCUT2D eigenvalue weighted by atomic mass is 79.9. The van der Waals surface area contributed by atoms with Gasteiger partial charge >= 0.3 is 0 Å². The Morgan fingerprint density at radius 1 is 1.04 bits per heavy atom. The number of hydrogen-bond acceptors (Lipinski definition) is 3. The molecule has 25 heavy (non-hydrogen) atoms. The van der Waals surface area contributed by atoms with E-state index in [1.807, 2.05) is 36.4 Å². The average Bonchev–Trinajstić information content (AvgIpc) is 2.60. The number of rotatable bonds is 5. The number of carbonyl (C=O) groups is 1. The maximum atomic E-state index is 13.2. The molecule has 1 amide bonds. The molecule has 4 nitrogen and oxygen atoms in total. The molecule has 132 valence electrons. The van der Waals surface area contributed by atoms with Gasteiger partial charge in [-0.1, -0.05) is 40.2 Å². The fourth-order valence-corrected chi connectivity index (χ4v) is 3.40. The molecule has 0 saturated carbocycles. The Kier molecular flexibility index (Phi) is 6.18. The zero-order valence-electron chi connectivity index (χ0n) is 13.9. The molecular weight excluding hydrogens is 385 g/mol. The molecule has 1 fully saturated rings. The molecule has 0 radical (unpaired) electrons. The van der Waals surface area contributed by atoms with Crippen LogP contribution in [-0.2, 0) is 11.3 Å². The molecule has 1 aliphatic rings. The Hall–Kier alpha value is -1.76. The summed E-state index contributed by atoms with van der Waals surface area (Å²) in [6.45, 7) is 4.67. The first kappa shape index (κ1) is 18.0. The summed E-state index contributed by atoms with van der Waals surface area (Å²) in [4.78, 5) is 16.6. The van der Waals surface area contributed by atoms with Crippen LogP contribution in [0.15, 0.2) is 53.0 Å². The normalized spacial score (nSPS) is 15.9. The van der Waals surface area contributed by atoms with Crippen LogP contribution < -0.4 is 5.32 Å². The van der Waals surface area contributed by atoms with E-state index in [1.165, 1.54) is 12.1 Å². The molecule has 0 spiro atoms. The van der Waals surface area contributed by atoms with Gasteiger partial charge in [-0.2, -0.15) is 0 Å². The van der Waals surface area contributed by atoms with Crippen molar-refractivity contribution in [3.63, 3.8) is 0 Å². The van der Waals surface area contributed by atoms with Gasteiger partial charge < -0.3 is 5.32 Å². The van der Waals surface area contributed by atoms with Crippen LogP contribution in [0.2, 0.25) is 0 Å². The van der Waals surface area contributed by atoms with Gasteiger partial charge in [0.05, 0.1) is 6.54 Å². The lowest BCUT2D eigenvalue weighted by Gasteiger charge is -2.34. The fourth-order valence-electron chi connectivity index (χ4n) is 2.92.